The van der Waals surface area contributed by atoms with E-state index < -0.39 is 24.0 Å². The predicted molar refractivity (Wildman–Crippen MR) is 126 cm³/mol. The normalized spacial score (nSPS) is 15.8. The predicted octanol–water partition coefficient (Wildman–Crippen LogP) is 2.10. The van der Waals surface area contributed by atoms with Gasteiger partial charge in [0.2, 0.25) is 17.7 Å². The Morgan fingerprint density at radius 3 is 2.32 bits per heavy atom. The fourth-order valence-corrected chi connectivity index (χ4v) is 3.95. The van der Waals surface area contributed by atoms with Crippen LogP contribution in [0.25, 0.3) is 0 Å². The number of carbonyl (C=O) groups is 4. The lowest BCUT2D eigenvalue weighted by Crippen LogP contribution is -2.52. The number of carboxylic acid groups (broad SMARTS) is 1. The fourth-order valence-electron chi connectivity index (χ4n) is 3.95. The fraction of sp³-hybridized carbons (Fsp3) is 0.583. The van der Waals surface area contributed by atoms with E-state index >= 15 is 0 Å². The lowest BCUT2D eigenvalue weighted by Gasteiger charge is -2.27. The topological polar surface area (TPSA) is 157 Å². The molecule has 188 valence electrons. The molecular formula is C24H36N4O6. The van der Waals surface area contributed by atoms with Crippen molar-refractivity contribution >= 4 is 29.4 Å². The molecule has 0 aliphatic carbocycles. The van der Waals surface area contributed by atoms with Gasteiger partial charge in [-0.05, 0) is 54.9 Å². The van der Waals surface area contributed by atoms with Gasteiger partial charge in [0.1, 0.15) is 6.04 Å². The van der Waals surface area contributed by atoms with Crippen molar-refractivity contribution in [2.24, 2.45) is 5.92 Å². The summed E-state index contributed by atoms with van der Waals surface area (Å²) in [5.41, 5.74) is 4.26. The van der Waals surface area contributed by atoms with Gasteiger partial charge in [0.05, 0.1) is 6.04 Å². The zero-order valence-corrected chi connectivity index (χ0v) is 19.9. The van der Waals surface area contributed by atoms with Gasteiger partial charge in [-0.25, -0.2) is 10.3 Å². The highest BCUT2D eigenvalue weighted by atomic mass is 16.5. The molecule has 0 saturated heterocycles. The van der Waals surface area contributed by atoms with E-state index in [1.807, 2.05) is 32.0 Å². The molecule has 2 atom stereocenters. The van der Waals surface area contributed by atoms with Crippen LogP contribution < -0.4 is 21.4 Å². The number of hydroxylamine groups is 1. The van der Waals surface area contributed by atoms with Crippen molar-refractivity contribution in [1.82, 2.24) is 16.1 Å². The molecule has 10 nitrogen and oxygen atoms in total. The van der Waals surface area contributed by atoms with E-state index in [1.54, 1.807) is 5.48 Å². The number of nitrogens with one attached hydrogen (secondary N) is 4. The Labute approximate surface area is 199 Å². The number of carbonyl (C=O) groups excluding carboxylic acids is 3. The number of fused-ring (bicyclic) bond motifs is 1. The van der Waals surface area contributed by atoms with Crippen molar-refractivity contribution in [3.8, 4) is 0 Å². The number of rotatable bonds is 13. The summed E-state index contributed by atoms with van der Waals surface area (Å²) < 4.78 is 0. The number of carboxylic acids is 1. The van der Waals surface area contributed by atoms with Gasteiger partial charge in [-0.1, -0.05) is 32.8 Å². The Kier molecular flexibility index (Phi) is 11.0. The third-order valence-corrected chi connectivity index (χ3v) is 5.77. The van der Waals surface area contributed by atoms with Gasteiger partial charge in [0.25, 0.3) is 0 Å². The molecule has 0 spiro atoms. The molecule has 0 aromatic heterocycles. The Bertz CT molecular complexity index is 873. The lowest BCUT2D eigenvalue weighted by molar-refractivity contribution is -0.142. The molecule has 3 amide bonds. The van der Waals surface area contributed by atoms with E-state index in [4.69, 9.17) is 5.21 Å². The molecule has 0 radical (unpaired) electrons. The van der Waals surface area contributed by atoms with Crippen LogP contribution in [0.4, 0.5) is 5.69 Å². The van der Waals surface area contributed by atoms with Crippen molar-refractivity contribution in [2.45, 2.75) is 83.8 Å². The first-order chi connectivity index (χ1) is 16.2. The van der Waals surface area contributed by atoms with Crippen LogP contribution in [-0.2, 0) is 32.1 Å². The lowest BCUT2D eigenvalue weighted by atomic mass is 9.94. The van der Waals surface area contributed by atoms with E-state index in [0.29, 0.717) is 44.3 Å². The number of hydrogen-bond acceptors (Lipinski definition) is 6. The minimum atomic E-state index is -1.03. The Morgan fingerprint density at radius 2 is 1.71 bits per heavy atom. The van der Waals surface area contributed by atoms with Crippen LogP contribution in [0.5, 0.6) is 0 Å². The first kappa shape index (κ1) is 27.3. The summed E-state index contributed by atoms with van der Waals surface area (Å²) in [6.07, 6.45) is 4.47. The summed E-state index contributed by atoms with van der Waals surface area (Å²) in [5.74, 6) is -1.70. The number of hydrogen-bond donors (Lipinski definition) is 6. The molecule has 0 bridgehead atoms. The molecule has 6 N–H and O–H groups in total. The summed E-state index contributed by atoms with van der Waals surface area (Å²) >= 11 is 0. The highest BCUT2D eigenvalue weighted by Crippen LogP contribution is 2.22. The molecule has 1 aliphatic heterocycles. The molecule has 0 saturated carbocycles. The quantitative estimate of drug-likeness (QED) is 0.145. The minimum Gasteiger partial charge on any atom is -0.480 e. The first-order valence-electron chi connectivity index (χ1n) is 11.8. The maximum absolute atomic E-state index is 12.6. The van der Waals surface area contributed by atoms with Crippen molar-refractivity contribution in [3.05, 3.63) is 29.3 Å². The molecule has 34 heavy (non-hydrogen) atoms. The van der Waals surface area contributed by atoms with Crippen LogP contribution >= 0.6 is 0 Å². The van der Waals surface area contributed by atoms with Gasteiger partial charge in [0, 0.05) is 25.1 Å². The summed E-state index contributed by atoms with van der Waals surface area (Å²) in [6, 6.07) is 4.17. The SMILES string of the molecule is CC(C)C[C@H](NC(=O)C1Cc2ccc(NC(=O)CCCCCCC(=O)NO)cc2CN1)C(=O)O. The van der Waals surface area contributed by atoms with Crippen molar-refractivity contribution in [2.75, 3.05) is 5.32 Å². The summed E-state index contributed by atoms with van der Waals surface area (Å²) in [6.45, 7) is 4.27. The van der Waals surface area contributed by atoms with E-state index in [2.05, 4.69) is 16.0 Å². The summed E-state index contributed by atoms with van der Waals surface area (Å²) in [4.78, 5) is 47.2. The Morgan fingerprint density at radius 1 is 1.03 bits per heavy atom. The summed E-state index contributed by atoms with van der Waals surface area (Å²) in [5, 5.41) is 26.5. The second kappa shape index (κ2) is 13.7. The number of unbranched alkanes of at least 4 members (excludes halogenated alkanes) is 3. The Hall–Kier alpha value is -2.98. The molecule has 1 aromatic carbocycles. The van der Waals surface area contributed by atoms with Gasteiger partial charge in [-0.3, -0.25) is 19.6 Å². The number of anilines is 1. The summed E-state index contributed by atoms with van der Waals surface area (Å²) in [7, 11) is 0. The number of aliphatic carboxylic acids is 1. The highest BCUT2D eigenvalue weighted by Gasteiger charge is 2.28. The number of benzene rings is 1. The van der Waals surface area contributed by atoms with Crippen LogP contribution in [0.15, 0.2) is 18.2 Å². The molecule has 1 unspecified atom stereocenters. The molecule has 1 aromatic rings. The molecule has 10 heteroatoms. The van der Waals surface area contributed by atoms with E-state index in [-0.39, 0.29) is 24.2 Å². The molecule has 1 heterocycles. The van der Waals surface area contributed by atoms with Crippen molar-refractivity contribution in [1.29, 1.82) is 0 Å². The number of amides is 3. The molecule has 2 rings (SSSR count). The van der Waals surface area contributed by atoms with Crippen LogP contribution in [0.3, 0.4) is 0 Å². The smallest absolute Gasteiger partial charge is 0.326 e. The highest BCUT2D eigenvalue weighted by molar-refractivity contribution is 5.91. The average molecular weight is 477 g/mol. The maximum atomic E-state index is 12.6. The van der Waals surface area contributed by atoms with E-state index in [9.17, 15) is 24.3 Å². The first-order valence-corrected chi connectivity index (χ1v) is 11.8. The molecule has 1 aliphatic rings. The second-order valence-corrected chi connectivity index (χ2v) is 9.15. The van der Waals surface area contributed by atoms with Crippen LogP contribution in [0, 0.1) is 5.92 Å². The van der Waals surface area contributed by atoms with Gasteiger partial charge in [-0.2, -0.15) is 0 Å². The van der Waals surface area contributed by atoms with Gasteiger partial charge >= 0.3 is 5.97 Å². The van der Waals surface area contributed by atoms with E-state index in [1.165, 1.54) is 0 Å². The zero-order valence-electron chi connectivity index (χ0n) is 19.9. The maximum Gasteiger partial charge on any atom is 0.326 e. The standard InChI is InChI=1S/C24H36N4O6/c1-15(2)11-20(24(32)33)27-23(31)19-13-16-9-10-18(12-17(16)14-25-19)26-21(29)7-5-3-4-6-8-22(30)28-34/h9-10,12,15,19-20,25,34H,3-8,11,13-14H2,1-2H3,(H,26,29)(H,27,31)(H,28,30)(H,32,33)/t19?,20-/m0/s1. The Balaban J connectivity index is 1.80. The minimum absolute atomic E-state index is 0.0843. The van der Waals surface area contributed by atoms with Crippen molar-refractivity contribution in [3.63, 3.8) is 0 Å². The second-order valence-electron chi connectivity index (χ2n) is 9.15. The zero-order chi connectivity index (χ0) is 25.1. The largest absolute Gasteiger partial charge is 0.480 e. The molecular weight excluding hydrogens is 440 g/mol. The van der Waals surface area contributed by atoms with Gasteiger partial charge in [-0.15, -0.1) is 0 Å². The van der Waals surface area contributed by atoms with Crippen LogP contribution in [0.2, 0.25) is 0 Å². The van der Waals surface area contributed by atoms with Gasteiger partial charge in [0.15, 0.2) is 0 Å². The van der Waals surface area contributed by atoms with Gasteiger partial charge < -0.3 is 21.1 Å². The monoisotopic (exact) mass is 476 g/mol. The van der Waals surface area contributed by atoms with E-state index in [0.717, 1.165) is 24.0 Å². The third-order valence-electron chi connectivity index (χ3n) is 5.77. The van der Waals surface area contributed by atoms with Crippen LogP contribution in [-0.4, -0.2) is 46.1 Å². The molecule has 0 fully saturated rings. The average Bonchev–Trinajstić information content (AvgIpc) is 2.79. The van der Waals surface area contributed by atoms with Crippen LogP contribution in [0.1, 0.15) is 69.9 Å². The third kappa shape index (κ3) is 9.11. The van der Waals surface area contributed by atoms with Crippen molar-refractivity contribution < 1.29 is 29.5 Å².